The summed E-state index contributed by atoms with van der Waals surface area (Å²) in [6.07, 6.45) is 2.59. The third-order valence-corrected chi connectivity index (χ3v) is 4.63. The van der Waals surface area contributed by atoms with Crippen LogP contribution >= 0.6 is 35.3 Å². The molecule has 0 bridgehead atoms. The SMILES string of the molecule is CN=C(NCc1ccc(C)s1)NCC1CCCN1C.I. The Morgan fingerprint density at radius 1 is 1.45 bits per heavy atom. The molecule has 0 aromatic carbocycles. The molecule has 1 unspecified atom stereocenters. The zero-order valence-corrected chi connectivity index (χ0v) is 15.6. The molecule has 0 radical (unpaired) electrons. The maximum atomic E-state index is 4.28. The van der Waals surface area contributed by atoms with Gasteiger partial charge in [-0.25, -0.2) is 0 Å². The topological polar surface area (TPSA) is 39.7 Å². The molecule has 1 fully saturated rings. The second kappa shape index (κ2) is 8.84. The Kier molecular flexibility index (Phi) is 7.83. The number of hydrogen-bond acceptors (Lipinski definition) is 3. The fraction of sp³-hybridized carbons (Fsp3) is 0.643. The number of thiophene rings is 1. The van der Waals surface area contributed by atoms with Crippen LogP contribution in [-0.4, -0.2) is 44.1 Å². The van der Waals surface area contributed by atoms with Crippen molar-refractivity contribution in [3.8, 4) is 0 Å². The van der Waals surface area contributed by atoms with Crippen LogP contribution < -0.4 is 10.6 Å². The molecule has 2 N–H and O–H groups in total. The number of rotatable bonds is 4. The van der Waals surface area contributed by atoms with Gasteiger partial charge in [0.15, 0.2) is 5.96 Å². The van der Waals surface area contributed by atoms with Crippen LogP contribution in [0.25, 0.3) is 0 Å². The third-order valence-electron chi connectivity index (χ3n) is 3.63. The summed E-state index contributed by atoms with van der Waals surface area (Å²) < 4.78 is 0. The van der Waals surface area contributed by atoms with Gasteiger partial charge in [-0.15, -0.1) is 35.3 Å². The summed E-state index contributed by atoms with van der Waals surface area (Å²) in [6, 6.07) is 4.97. The first kappa shape index (κ1) is 17.7. The number of nitrogens with zero attached hydrogens (tertiary/aromatic N) is 2. The van der Waals surface area contributed by atoms with Crippen molar-refractivity contribution in [1.82, 2.24) is 15.5 Å². The van der Waals surface area contributed by atoms with Crippen LogP contribution in [0.5, 0.6) is 0 Å². The zero-order valence-electron chi connectivity index (χ0n) is 12.5. The molecule has 1 aliphatic rings. The van der Waals surface area contributed by atoms with Gasteiger partial charge in [-0.2, -0.15) is 0 Å². The number of halogens is 1. The maximum absolute atomic E-state index is 4.28. The molecule has 6 heteroatoms. The van der Waals surface area contributed by atoms with E-state index in [-0.39, 0.29) is 24.0 Å². The lowest BCUT2D eigenvalue weighted by atomic mass is 10.2. The Balaban J connectivity index is 0.00000200. The first-order valence-electron chi connectivity index (χ1n) is 6.89. The monoisotopic (exact) mass is 408 g/mol. The van der Waals surface area contributed by atoms with Crippen LogP contribution in [0.3, 0.4) is 0 Å². The molecule has 1 aromatic heterocycles. The molecule has 114 valence electrons. The van der Waals surface area contributed by atoms with Crippen molar-refractivity contribution in [3.63, 3.8) is 0 Å². The van der Waals surface area contributed by atoms with Crippen molar-refractivity contribution in [2.45, 2.75) is 32.4 Å². The quantitative estimate of drug-likeness (QED) is 0.457. The number of hydrogen-bond donors (Lipinski definition) is 2. The predicted molar refractivity (Wildman–Crippen MR) is 98.3 cm³/mol. The van der Waals surface area contributed by atoms with Crippen LogP contribution in [0.2, 0.25) is 0 Å². The molecule has 0 aliphatic carbocycles. The van der Waals surface area contributed by atoms with Crippen molar-refractivity contribution < 1.29 is 0 Å². The Bertz CT molecular complexity index is 433. The minimum Gasteiger partial charge on any atom is -0.355 e. The lowest BCUT2D eigenvalue weighted by Crippen LogP contribution is -2.43. The van der Waals surface area contributed by atoms with Gasteiger partial charge >= 0.3 is 0 Å². The second-order valence-electron chi connectivity index (χ2n) is 5.10. The highest BCUT2D eigenvalue weighted by atomic mass is 127. The highest BCUT2D eigenvalue weighted by Crippen LogP contribution is 2.15. The van der Waals surface area contributed by atoms with E-state index < -0.39 is 0 Å². The van der Waals surface area contributed by atoms with Gasteiger partial charge in [0.25, 0.3) is 0 Å². The van der Waals surface area contributed by atoms with Crippen molar-refractivity contribution in [3.05, 3.63) is 21.9 Å². The van der Waals surface area contributed by atoms with E-state index in [0.717, 1.165) is 19.0 Å². The molecule has 4 nitrogen and oxygen atoms in total. The first-order chi connectivity index (χ1) is 9.19. The number of guanidine groups is 1. The minimum absolute atomic E-state index is 0. The lowest BCUT2D eigenvalue weighted by Gasteiger charge is -2.21. The van der Waals surface area contributed by atoms with Crippen molar-refractivity contribution in [2.75, 3.05) is 27.2 Å². The van der Waals surface area contributed by atoms with Gasteiger partial charge < -0.3 is 15.5 Å². The number of likely N-dealkylation sites (tertiary alicyclic amines) is 1. The van der Waals surface area contributed by atoms with Gasteiger partial charge in [-0.1, -0.05) is 0 Å². The van der Waals surface area contributed by atoms with Crippen molar-refractivity contribution >= 4 is 41.3 Å². The van der Waals surface area contributed by atoms with E-state index in [4.69, 9.17) is 0 Å². The standard InChI is InChI=1S/C14H24N4S.HI/c1-11-6-7-13(19-11)10-17-14(15-2)16-9-12-5-4-8-18(12)3;/h6-7,12H,4-5,8-10H2,1-3H3,(H2,15,16,17);1H. The summed E-state index contributed by atoms with van der Waals surface area (Å²) in [7, 11) is 4.03. The van der Waals surface area contributed by atoms with Crippen molar-refractivity contribution in [1.29, 1.82) is 0 Å². The molecule has 0 amide bonds. The third kappa shape index (κ3) is 5.21. The zero-order chi connectivity index (χ0) is 13.7. The molecule has 1 aliphatic heterocycles. The highest BCUT2D eigenvalue weighted by molar-refractivity contribution is 14.0. The molecule has 1 saturated heterocycles. The molecule has 1 atom stereocenters. The number of likely N-dealkylation sites (N-methyl/N-ethyl adjacent to an activating group) is 1. The van der Waals surface area contributed by atoms with E-state index in [1.807, 2.05) is 18.4 Å². The highest BCUT2D eigenvalue weighted by Gasteiger charge is 2.20. The van der Waals surface area contributed by atoms with Gasteiger partial charge in [0.2, 0.25) is 0 Å². The Morgan fingerprint density at radius 3 is 2.80 bits per heavy atom. The Labute approximate surface area is 143 Å². The average molecular weight is 408 g/mol. The summed E-state index contributed by atoms with van der Waals surface area (Å²) in [4.78, 5) is 9.40. The van der Waals surface area contributed by atoms with E-state index in [0.29, 0.717) is 6.04 Å². The Hall–Kier alpha value is -0.340. The van der Waals surface area contributed by atoms with Crippen LogP contribution in [0.4, 0.5) is 0 Å². The first-order valence-corrected chi connectivity index (χ1v) is 7.71. The van der Waals surface area contributed by atoms with Gasteiger partial charge in [0.1, 0.15) is 0 Å². The Morgan fingerprint density at radius 2 is 2.25 bits per heavy atom. The molecule has 2 heterocycles. The summed E-state index contributed by atoms with van der Waals surface area (Å²) in [5.41, 5.74) is 0. The smallest absolute Gasteiger partial charge is 0.191 e. The van der Waals surface area contributed by atoms with Gasteiger partial charge in [-0.3, -0.25) is 4.99 Å². The van der Waals surface area contributed by atoms with Crippen LogP contribution in [0.15, 0.2) is 17.1 Å². The van der Waals surface area contributed by atoms with Gasteiger partial charge in [-0.05, 0) is 45.5 Å². The average Bonchev–Trinajstić information content (AvgIpc) is 2.99. The van der Waals surface area contributed by atoms with E-state index in [1.54, 1.807) is 0 Å². The van der Waals surface area contributed by atoms with Crippen LogP contribution in [0.1, 0.15) is 22.6 Å². The fourth-order valence-corrected chi connectivity index (χ4v) is 3.25. The summed E-state index contributed by atoms with van der Waals surface area (Å²) in [6.45, 7) is 5.17. The molecular formula is C14H25IN4S. The number of aryl methyl sites for hydroxylation is 1. The molecule has 20 heavy (non-hydrogen) atoms. The summed E-state index contributed by atoms with van der Waals surface area (Å²) in [5.74, 6) is 0.895. The molecule has 0 spiro atoms. The van der Waals surface area contributed by atoms with Crippen molar-refractivity contribution in [2.24, 2.45) is 4.99 Å². The van der Waals surface area contributed by atoms with E-state index in [2.05, 4.69) is 46.6 Å². The summed E-state index contributed by atoms with van der Waals surface area (Å²) in [5, 5.41) is 6.79. The van der Waals surface area contributed by atoms with E-state index >= 15 is 0 Å². The van der Waals surface area contributed by atoms with E-state index in [9.17, 15) is 0 Å². The second-order valence-corrected chi connectivity index (χ2v) is 6.47. The van der Waals surface area contributed by atoms with E-state index in [1.165, 1.54) is 29.1 Å². The normalized spacial score (nSPS) is 19.8. The van der Waals surface area contributed by atoms with Crippen LogP contribution in [0, 0.1) is 6.92 Å². The molecule has 2 rings (SSSR count). The molecule has 1 aromatic rings. The minimum atomic E-state index is 0. The van der Waals surface area contributed by atoms with Gasteiger partial charge in [0, 0.05) is 29.4 Å². The molecular weight excluding hydrogens is 383 g/mol. The van der Waals surface area contributed by atoms with Crippen LogP contribution in [-0.2, 0) is 6.54 Å². The van der Waals surface area contributed by atoms with Gasteiger partial charge in [0.05, 0.1) is 6.54 Å². The lowest BCUT2D eigenvalue weighted by molar-refractivity contribution is 0.309. The number of nitrogens with one attached hydrogen (secondary N) is 2. The summed E-state index contributed by atoms with van der Waals surface area (Å²) >= 11 is 1.83. The largest absolute Gasteiger partial charge is 0.355 e. The number of aliphatic imine (C=N–C) groups is 1. The fourth-order valence-electron chi connectivity index (χ4n) is 2.42. The predicted octanol–water partition coefficient (Wildman–Crippen LogP) is 2.43. The molecule has 0 saturated carbocycles. The maximum Gasteiger partial charge on any atom is 0.191 e.